The van der Waals surface area contributed by atoms with Crippen molar-refractivity contribution in [3.8, 4) is 0 Å². The lowest BCUT2D eigenvalue weighted by atomic mass is 9.86. The van der Waals surface area contributed by atoms with Crippen LogP contribution in [0.15, 0.2) is 109 Å². The Bertz CT molecular complexity index is 2670. The lowest BCUT2D eigenvalue weighted by Gasteiger charge is -2.37. The number of aryl methyl sites for hydroxylation is 3. The number of methoxy groups -OCH3 is 1. The van der Waals surface area contributed by atoms with Gasteiger partial charge < -0.3 is 19.4 Å². The van der Waals surface area contributed by atoms with Gasteiger partial charge in [-0.05, 0) is 136 Å². The van der Waals surface area contributed by atoms with Crippen molar-refractivity contribution >= 4 is 56.7 Å². The molecular weight excluding hydrogens is 767 g/mol. The van der Waals surface area contributed by atoms with Crippen LogP contribution in [0.2, 0.25) is 0 Å². The Kier molecular flexibility index (Phi) is 12.4. The summed E-state index contributed by atoms with van der Waals surface area (Å²) >= 11 is 0. The van der Waals surface area contributed by atoms with Gasteiger partial charge in [0.15, 0.2) is 0 Å². The smallest absolute Gasteiger partial charge is 0.305 e. The van der Waals surface area contributed by atoms with Crippen LogP contribution in [0.1, 0.15) is 115 Å². The first-order valence-corrected chi connectivity index (χ1v) is 22.2. The number of nitrogens with one attached hydrogen (secondary N) is 2. The number of rotatable bonds is 13. The first-order valence-electron chi connectivity index (χ1n) is 22.2. The van der Waals surface area contributed by atoms with Crippen LogP contribution < -0.4 is 4.48 Å². The van der Waals surface area contributed by atoms with E-state index in [-0.39, 0.29) is 23.9 Å². The molecule has 8 nitrogen and oxygen atoms in total. The molecule has 2 N–H and O–H groups in total. The molecule has 5 heterocycles. The number of fused-ring (bicyclic) bond motifs is 8. The third-order valence-corrected chi connectivity index (χ3v) is 13.4. The van der Waals surface area contributed by atoms with Crippen LogP contribution >= 0.6 is 0 Å². The highest BCUT2D eigenvalue weighted by Crippen LogP contribution is 2.45. The van der Waals surface area contributed by atoms with Crippen molar-refractivity contribution < 1.29 is 14.3 Å². The highest BCUT2D eigenvalue weighted by atomic mass is 16.5. The zero-order chi connectivity index (χ0) is 43.5. The minimum atomic E-state index is -0.208. The van der Waals surface area contributed by atoms with Crippen LogP contribution in [-0.2, 0) is 20.7 Å². The number of carbonyl (C=O) groups excluding carboxylic acids is 1. The van der Waals surface area contributed by atoms with Crippen molar-refractivity contribution in [2.45, 2.75) is 92.1 Å². The van der Waals surface area contributed by atoms with E-state index >= 15 is 0 Å². The number of aromatic amines is 2. The third-order valence-electron chi connectivity index (χ3n) is 13.4. The standard InChI is InChI=1S/C54H60N5O3/c1-9-43-35(3)47-33-51-53(39(7)62-29-19-28-59(40-20-13-10-14-21-40,41-22-15-11-16-23-41)42-24-17-12-18-25-42)37(5)49(57-51)32-48-36(4)44(26-27-52(60)61-8)54(58-48)38(6)46-30-34(2)45(55-46)31-50(43)56-47/h10-18,20-25,30-33,36,39,44,56-57H,9,19,26-29H2,1-8H3/q+1/t36-,39?,44-/m0/s1. The Hall–Kier alpha value is -6.09. The highest BCUT2D eigenvalue weighted by Gasteiger charge is 2.36. The first kappa shape index (κ1) is 42.6. The lowest BCUT2D eigenvalue weighted by molar-refractivity contribution is -0.140. The van der Waals surface area contributed by atoms with Crippen molar-refractivity contribution in [1.29, 1.82) is 0 Å². The van der Waals surface area contributed by atoms with E-state index in [1.165, 1.54) is 35.3 Å². The molecule has 3 atom stereocenters. The third kappa shape index (κ3) is 8.05. The number of allylic oxidation sites excluding steroid dienone is 1. The summed E-state index contributed by atoms with van der Waals surface area (Å²) in [6.45, 7) is 16.6. The summed E-state index contributed by atoms with van der Waals surface area (Å²) in [7, 11) is 1.45. The fourth-order valence-electron chi connectivity index (χ4n) is 9.85. The summed E-state index contributed by atoms with van der Waals surface area (Å²) in [4.78, 5) is 30.6. The Morgan fingerprint density at radius 1 is 0.758 bits per heavy atom. The molecule has 318 valence electrons. The SMILES string of the molecule is CCc1c(C)c2cc3[nH]c(cc4nc(c(C)c5nc(cc1[nH]2)C(C)=C5)[C@@H](CCC(=O)OC)[C@@H]4C)c(C)c3C(C)OCCC[N+](c1ccccc1)(c1ccccc1)c1ccccc1. The molecule has 8 bridgehead atoms. The molecule has 6 aromatic rings. The molecule has 0 fully saturated rings. The second-order valence-corrected chi connectivity index (χ2v) is 17.0. The Labute approximate surface area is 366 Å². The molecule has 0 saturated heterocycles. The molecule has 2 aliphatic rings. The quantitative estimate of drug-likeness (QED) is 0.0687. The second kappa shape index (κ2) is 18.1. The van der Waals surface area contributed by atoms with E-state index in [2.05, 4.69) is 174 Å². The number of hydrogen-bond donors (Lipinski definition) is 2. The number of nitrogens with zero attached hydrogens (tertiary/aromatic N) is 3. The molecule has 2 aliphatic heterocycles. The fraction of sp³-hybridized carbons (Fsp3) is 0.315. The van der Waals surface area contributed by atoms with Gasteiger partial charge in [-0.2, -0.15) is 0 Å². The normalized spacial score (nSPS) is 15.6. The molecule has 8 rings (SSSR count). The number of hydrogen-bond acceptors (Lipinski definition) is 5. The van der Waals surface area contributed by atoms with Gasteiger partial charge in [-0.3, -0.25) is 9.78 Å². The van der Waals surface area contributed by atoms with Crippen LogP contribution in [0.4, 0.5) is 17.1 Å². The van der Waals surface area contributed by atoms with E-state index in [1.54, 1.807) is 0 Å². The molecule has 62 heavy (non-hydrogen) atoms. The van der Waals surface area contributed by atoms with Gasteiger partial charge in [0.25, 0.3) is 0 Å². The van der Waals surface area contributed by atoms with Crippen molar-refractivity contribution in [1.82, 2.24) is 24.4 Å². The van der Waals surface area contributed by atoms with Crippen LogP contribution in [0, 0.1) is 20.8 Å². The monoisotopic (exact) mass is 826 g/mol. The predicted molar refractivity (Wildman–Crippen MR) is 255 cm³/mol. The fourth-order valence-corrected chi connectivity index (χ4v) is 9.85. The van der Waals surface area contributed by atoms with Gasteiger partial charge in [-0.15, -0.1) is 0 Å². The lowest BCUT2D eigenvalue weighted by Crippen LogP contribution is -2.40. The Balaban J connectivity index is 1.22. The average Bonchev–Trinajstić information content (AvgIpc) is 4.00. The molecule has 8 heteroatoms. The molecule has 0 saturated carbocycles. The zero-order valence-corrected chi connectivity index (χ0v) is 37.5. The Morgan fingerprint density at radius 2 is 1.35 bits per heavy atom. The zero-order valence-electron chi connectivity index (χ0n) is 37.5. The molecule has 0 aliphatic carbocycles. The molecular formula is C54H60N5O3+. The maximum absolute atomic E-state index is 12.4. The molecule has 1 unspecified atom stereocenters. The number of quaternary nitrogens is 1. The summed E-state index contributed by atoms with van der Waals surface area (Å²) in [5.41, 5.74) is 18.6. The van der Waals surface area contributed by atoms with E-state index in [0.717, 1.165) is 86.5 Å². The largest absolute Gasteiger partial charge is 0.469 e. The van der Waals surface area contributed by atoms with Crippen LogP contribution in [0.5, 0.6) is 0 Å². The number of aromatic nitrogens is 4. The number of carbonyl (C=O) groups is 1. The first-order chi connectivity index (χ1) is 30.0. The van der Waals surface area contributed by atoms with Crippen molar-refractivity contribution in [3.63, 3.8) is 0 Å². The topological polar surface area (TPSA) is 92.9 Å². The van der Waals surface area contributed by atoms with Gasteiger partial charge in [0.1, 0.15) is 17.1 Å². The van der Waals surface area contributed by atoms with Gasteiger partial charge in [-0.1, -0.05) is 68.4 Å². The summed E-state index contributed by atoms with van der Waals surface area (Å²) in [5, 5.41) is 0. The molecule has 0 amide bonds. The van der Waals surface area contributed by atoms with E-state index in [1.807, 2.05) is 0 Å². The molecule has 0 radical (unpaired) electrons. The number of H-pyrrole nitrogens is 2. The summed E-state index contributed by atoms with van der Waals surface area (Å²) in [6, 6.07) is 39.1. The molecule has 0 spiro atoms. The van der Waals surface area contributed by atoms with Crippen LogP contribution in [0.25, 0.3) is 33.7 Å². The van der Waals surface area contributed by atoms with E-state index in [9.17, 15) is 4.79 Å². The van der Waals surface area contributed by atoms with E-state index in [4.69, 9.17) is 19.4 Å². The van der Waals surface area contributed by atoms with Crippen LogP contribution in [0.3, 0.4) is 0 Å². The summed E-state index contributed by atoms with van der Waals surface area (Å²) < 4.78 is 12.6. The summed E-state index contributed by atoms with van der Waals surface area (Å²) in [5.74, 6) is -0.0940. The summed E-state index contributed by atoms with van der Waals surface area (Å²) in [6.07, 6.45) is 4.64. The van der Waals surface area contributed by atoms with Gasteiger partial charge in [0, 0.05) is 63.7 Å². The van der Waals surface area contributed by atoms with Gasteiger partial charge in [0.2, 0.25) is 0 Å². The van der Waals surface area contributed by atoms with Crippen LogP contribution in [-0.4, -0.2) is 46.2 Å². The second-order valence-electron chi connectivity index (χ2n) is 17.0. The van der Waals surface area contributed by atoms with Gasteiger partial charge in [-0.25, -0.2) is 9.47 Å². The van der Waals surface area contributed by atoms with Gasteiger partial charge in [0.05, 0.1) is 37.8 Å². The maximum Gasteiger partial charge on any atom is 0.305 e. The minimum Gasteiger partial charge on any atom is -0.469 e. The van der Waals surface area contributed by atoms with E-state index in [0.29, 0.717) is 23.9 Å². The maximum atomic E-state index is 12.4. The molecule has 3 aromatic heterocycles. The average molecular weight is 827 g/mol. The number of benzene rings is 3. The predicted octanol–water partition coefficient (Wildman–Crippen LogP) is 13.3. The Morgan fingerprint density at radius 3 is 1.95 bits per heavy atom. The minimum absolute atomic E-state index is 0.0385. The van der Waals surface area contributed by atoms with Crippen molar-refractivity contribution in [3.05, 3.63) is 160 Å². The number of ether oxygens (including phenoxy) is 2. The van der Waals surface area contributed by atoms with E-state index < -0.39 is 0 Å². The van der Waals surface area contributed by atoms with Crippen molar-refractivity contribution in [2.24, 2.45) is 0 Å². The number of esters is 1. The molecule has 3 aromatic carbocycles. The van der Waals surface area contributed by atoms with Gasteiger partial charge >= 0.3 is 5.97 Å². The van der Waals surface area contributed by atoms with Crippen molar-refractivity contribution in [2.75, 3.05) is 20.3 Å². The highest BCUT2D eigenvalue weighted by molar-refractivity contribution is 5.85. The number of para-hydroxylation sites is 3.